The molecule has 8 unspecified atom stereocenters. The Labute approximate surface area is 271 Å². The van der Waals surface area contributed by atoms with Crippen LogP contribution in [0.4, 0.5) is 0 Å². The molecule has 1 heterocycles. The van der Waals surface area contributed by atoms with Crippen molar-refractivity contribution in [3.05, 3.63) is 23.8 Å². The standard InChI is InChI=1S/C36H64O6Si2/c1-14-15-25(3)34(38)40-31-22-28(41-43(10,11)35(4,5)6)20-26-17-16-24(2)30(33(26)31)19-18-27-21-29(23-32(37)39-27)42-44(12,13)36(7,8)9/h16-17,20,24-25,27-31,33H,14-15,18-19,21-23H2,1-13H3. The van der Waals surface area contributed by atoms with Crippen molar-refractivity contribution >= 4 is 28.6 Å². The van der Waals surface area contributed by atoms with Crippen molar-refractivity contribution in [1.29, 1.82) is 0 Å². The Hall–Kier alpha value is -1.23. The molecule has 0 radical (unpaired) electrons. The lowest BCUT2D eigenvalue weighted by Crippen LogP contribution is -2.48. The number of carbonyl (C=O) groups is 2. The highest BCUT2D eigenvalue weighted by atomic mass is 28.4. The molecule has 0 aromatic carbocycles. The van der Waals surface area contributed by atoms with Crippen molar-refractivity contribution in [3.8, 4) is 0 Å². The molecule has 1 fully saturated rings. The molecule has 252 valence electrons. The molecule has 6 nitrogen and oxygen atoms in total. The largest absolute Gasteiger partial charge is 0.462 e. The Kier molecular flexibility index (Phi) is 12.1. The van der Waals surface area contributed by atoms with Gasteiger partial charge in [-0.2, -0.15) is 0 Å². The second-order valence-electron chi connectivity index (χ2n) is 17.0. The molecule has 0 spiro atoms. The van der Waals surface area contributed by atoms with Gasteiger partial charge in [0.1, 0.15) is 12.2 Å². The number of ether oxygens (including phenoxy) is 2. The summed E-state index contributed by atoms with van der Waals surface area (Å²) in [5.41, 5.74) is 1.23. The van der Waals surface area contributed by atoms with Gasteiger partial charge in [-0.3, -0.25) is 9.59 Å². The van der Waals surface area contributed by atoms with Crippen molar-refractivity contribution in [3.63, 3.8) is 0 Å². The highest BCUT2D eigenvalue weighted by Crippen LogP contribution is 2.47. The summed E-state index contributed by atoms with van der Waals surface area (Å²) in [4.78, 5) is 26.0. The lowest BCUT2D eigenvalue weighted by molar-refractivity contribution is -0.162. The zero-order valence-corrected chi connectivity index (χ0v) is 32.3. The first-order valence-electron chi connectivity index (χ1n) is 17.3. The van der Waals surface area contributed by atoms with Crippen LogP contribution in [0.3, 0.4) is 0 Å². The molecule has 0 bridgehead atoms. The zero-order chi connectivity index (χ0) is 33.3. The molecule has 0 aromatic rings. The van der Waals surface area contributed by atoms with Crippen LogP contribution in [0.2, 0.25) is 36.3 Å². The van der Waals surface area contributed by atoms with Crippen molar-refractivity contribution in [2.75, 3.05) is 0 Å². The van der Waals surface area contributed by atoms with Crippen LogP contribution in [-0.4, -0.2) is 53.0 Å². The molecule has 8 heteroatoms. The average molecular weight is 649 g/mol. The van der Waals surface area contributed by atoms with Gasteiger partial charge in [-0.15, -0.1) is 0 Å². The summed E-state index contributed by atoms with van der Waals surface area (Å²) in [6.45, 7) is 28.9. The summed E-state index contributed by atoms with van der Waals surface area (Å²) in [6.07, 6.45) is 11.5. The maximum atomic E-state index is 13.3. The maximum Gasteiger partial charge on any atom is 0.308 e. The normalized spacial score (nSPS) is 30.7. The summed E-state index contributed by atoms with van der Waals surface area (Å²) in [6, 6.07) is 0. The minimum atomic E-state index is -2.03. The van der Waals surface area contributed by atoms with E-state index in [1.54, 1.807) is 0 Å². The van der Waals surface area contributed by atoms with Crippen LogP contribution < -0.4 is 0 Å². The molecule has 3 rings (SSSR count). The molecular formula is C36H64O6Si2. The summed E-state index contributed by atoms with van der Waals surface area (Å²) in [5, 5.41) is 0.178. The number of esters is 2. The van der Waals surface area contributed by atoms with E-state index in [1.165, 1.54) is 5.57 Å². The van der Waals surface area contributed by atoms with Gasteiger partial charge >= 0.3 is 11.9 Å². The monoisotopic (exact) mass is 648 g/mol. The van der Waals surface area contributed by atoms with E-state index in [2.05, 4.69) is 99.8 Å². The van der Waals surface area contributed by atoms with Crippen LogP contribution in [0.1, 0.15) is 107 Å². The Morgan fingerprint density at radius 3 is 2.20 bits per heavy atom. The van der Waals surface area contributed by atoms with Gasteiger partial charge in [-0.05, 0) is 72.9 Å². The van der Waals surface area contributed by atoms with E-state index in [0.717, 1.165) is 32.1 Å². The van der Waals surface area contributed by atoms with Gasteiger partial charge in [0.15, 0.2) is 16.6 Å². The topological polar surface area (TPSA) is 71.1 Å². The number of rotatable bonds is 11. The van der Waals surface area contributed by atoms with Gasteiger partial charge in [0.2, 0.25) is 0 Å². The second-order valence-corrected chi connectivity index (χ2v) is 26.5. The van der Waals surface area contributed by atoms with Crippen LogP contribution in [0.5, 0.6) is 0 Å². The van der Waals surface area contributed by atoms with Gasteiger partial charge in [-0.1, -0.05) is 87.0 Å². The molecule has 44 heavy (non-hydrogen) atoms. The fourth-order valence-electron chi connectivity index (χ4n) is 6.51. The molecule has 3 aliphatic rings. The van der Waals surface area contributed by atoms with E-state index in [1.807, 2.05) is 6.92 Å². The Morgan fingerprint density at radius 1 is 1.00 bits per heavy atom. The Morgan fingerprint density at radius 2 is 1.61 bits per heavy atom. The predicted octanol–water partition coefficient (Wildman–Crippen LogP) is 9.37. The van der Waals surface area contributed by atoms with Gasteiger partial charge in [0.25, 0.3) is 0 Å². The number of carbonyl (C=O) groups excluding carboxylic acids is 2. The first kappa shape index (κ1) is 37.2. The van der Waals surface area contributed by atoms with Crippen molar-refractivity contribution < 1.29 is 27.9 Å². The number of fused-ring (bicyclic) bond motifs is 1. The summed E-state index contributed by atoms with van der Waals surface area (Å²) in [5.74, 6) is 0.330. The first-order valence-corrected chi connectivity index (χ1v) is 23.1. The van der Waals surface area contributed by atoms with Crippen LogP contribution in [0.15, 0.2) is 23.8 Å². The summed E-state index contributed by atoms with van der Waals surface area (Å²) in [7, 11) is -4.03. The van der Waals surface area contributed by atoms with Crippen molar-refractivity contribution in [2.45, 2.75) is 168 Å². The Balaban J connectivity index is 1.82. The fourth-order valence-corrected chi connectivity index (χ4v) is 9.15. The van der Waals surface area contributed by atoms with Crippen molar-refractivity contribution in [1.82, 2.24) is 0 Å². The number of allylic oxidation sites excluding steroid dienone is 2. The third-order valence-corrected chi connectivity index (χ3v) is 20.3. The van der Waals surface area contributed by atoms with E-state index in [4.69, 9.17) is 18.3 Å². The third kappa shape index (κ3) is 9.19. The fraction of sp³-hybridized carbons (Fsp3) is 0.833. The zero-order valence-electron chi connectivity index (χ0n) is 30.3. The van der Waals surface area contributed by atoms with Crippen LogP contribution in [0.25, 0.3) is 0 Å². The summed E-state index contributed by atoms with van der Waals surface area (Å²) >= 11 is 0. The predicted molar refractivity (Wildman–Crippen MR) is 184 cm³/mol. The average Bonchev–Trinajstić information content (AvgIpc) is 2.86. The first-order chi connectivity index (χ1) is 20.1. The molecule has 0 aromatic heterocycles. The maximum absolute atomic E-state index is 13.3. The lowest BCUT2D eigenvalue weighted by atomic mass is 9.66. The third-order valence-electron chi connectivity index (χ3n) is 11.3. The minimum Gasteiger partial charge on any atom is -0.462 e. The number of cyclic esters (lactones) is 1. The van der Waals surface area contributed by atoms with Gasteiger partial charge < -0.3 is 18.3 Å². The molecule has 1 aliphatic heterocycles. The van der Waals surface area contributed by atoms with E-state index in [0.29, 0.717) is 18.8 Å². The van der Waals surface area contributed by atoms with E-state index in [-0.39, 0.29) is 64.2 Å². The highest BCUT2D eigenvalue weighted by molar-refractivity contribution is 6.74. The van der Waals surface area contributed by atoms with Crippen LogP contribution in [-0.2, 0) is 27.9 Å². The SMILES string of the molecule is CCCC(C)C(=O)OC1CC(O[Si](C)(C)C(C)(C)C)C=C2C=CC(C)C(CCC3CC(O[Si](C)(C)C(C)(C)C)CC(=O)O3)C21. The van der Waals surface area contributed by atoms with E-state index in [9.17, 15) is 9.59 Å². The highest BCUT2D eigenvalue weighted by Gasteiger charge is 2.46. The minimum absolute atomic E-state index is 0.0762. The van der Waals surface area contributed by atoms with E-state index < -0.39 is 16.6 Å². The molecular weight excluding hydrogens is 585 g/mol. The lowest BCUT2D eigenvalue weighted by Gasteiger charge is -2.46. The van der Waals surface area contributed by atoms with Gasteiger partial charge in [0.05, 0.1) is 24.5 Å². The molecule has 0 saturated carbocycles. The molecule has 8 atom stereocenters. The molecule has 0 N–H and O–H groups in total. The second kappa shape index (κ2) is 14.3. The molecule has 2 aliphatic carbocycles. The van der Waals surface area contributed by atoms with E-state index >= 15 is 0 Å². The van der Waals surface area contributed by atoms with Gasteiger partial charge in [-0.25, -0.2) is 0 Å². The van der Waals surface area contributed by atoms with Gasteiger partial charge in [0, 0.05) is 18.8 Å². The molecule has 0 amide bonds. The smallest absolute Gasteiger partial charge is 0.308 e. The summed E-state index contributed by atoms with van der Waals surface area (Å²) < 4.78 is 25.9. The number of hydrogen-bond donors (Lipinski definition) is 0. The Bertz CT molecular complexity index is 1070. The van der Waals surface area contributed by atoms with Crippen LogP contribution in [0, 0.1) is 23.7 Å². The number of hydrogen-bond acceptors (Lipinski definition) is 6. The quantitative estimate of drug-likeness (QED) is 0.164. The van der Waals surface area contributed by atoms with Crippen molar-refractivity contribution in [2.24, 2.45) is 23.7 Å². The molecule has 1 saturated heterocycles. The van der Waals surface area contributed by atoms with Crippen LogP contribution >= 0.6 is 0 Å².